The molecular formula is C19H31IN4OS. The van der Waals surface area contributed by atoms with Gasteiger partial charge in [-0.1, -0.05) is 25.5 Å². The number of carbonyl (C=O) groups excluding carboxylic acids is 1. The molecule has 0 aliphatic carbocycles. The maximum atomic E-state index is 12.0. The molecule has 1 heterocycles. The van der Waals surface area contributed by atoms with Crippen molar-refractivity contribution in [3.8, 4) is 0 Å². The van der Waals surface area contributed by atoms with Gasteiger partial charge in [0, 0.05) is 37.5 Å². The van der Waals surface area contributed by atoms with Crippen LogP contribution >= 0.6 is 35.7 Å². The standard InChI is InChI=1S/C19H30N4OS.HI/c1-3-4-11-21-18(24)16-9-7-15(8-10-16)13-22-19(20-2)23-14-17-6-5-12-25-17;/h7-10,17H,3-6,11-14H2,1-2H3,(H,21,24)(H2,20,22,23);1H. The van der Waals surface area contributed by atoms with Crippen LogP contribution in [0.4, 0.5) is 0 Å². The highest BCUT2D eigenvalue weighted by Gasteiger charge is 2.15. The highest BCUT2D eigenvalue weighted by Crippen LogP contribution is 2.25. The van der Waals surface area contributed by atoms with Gasteiger partial charge in [0.25, 0.3) is 5.91 Å². The van der Waals surface area contributed by atoms with Crippen LogP contribution in [0.2, 0.25) is 0 Å². The van der Waals surface area contributed by atoms with E-state index in [0.717, 1.165) is 37.5 Å². The van der Waals surface area contributed by atoms with Crippen LogP contribution in [0.5, 0.6) is 0 Å². The summed E-state index contributed by atoms with van der Waals surface area (Å²) < 4.78 is 0. The lowest BCUT2D eigenvalue weighted by atomic mass is 10.1. The van der Waals surface area contributed by atoms with Gasteiger partial charge in [0.1, 0.15) is 0 Å². The van der Waals surface area contributed by atoms with Crippen LogP contribution in [0, 0.1) is 0 Å². The second kappa shape index (κ2) is 13.2. The third-order valence-corrected chi connectivity index (χ3v) is 5.63. The van der Waals surface area contributed by atoms with Gasteiger partial charge in [-0.05, 0) is 42.7 Å². The van der Waals surface area contributed by atoms with Gasteiger partial charge in [-0.15, -0.1) is 24.0 Å². The summed E-state index contributed by atoms with van der Waals surface area (Å²) in [6.45, 7) is 4.50. The second-order valence-electron chi connectivity index (χ2n) is 6.25. The molecule has 1 fully saturated rings. The number of unbranched alkanes of at least 4 members (excludes halogenated alkanes) is 1. The van der Waals surface area contributed by atoms with E-state index in [1.54, 1.807) is 7.05 Å². The lowest BCUT2D eigenvalue weighted by molar-refractivity contribution is 0.0953. The Morgan fingerprint density at radius 3 is 2.62 bits per heavy atom. The van der Waals surface area contributed by atoms with E-state index in [1.165, 1.54) is 18.6 Å². The summed E-state index contributed by atoms with van der Waals surface area (Å²) in [5.74, 6) is 2.10. The molecule has 7 heteroatoms. The van der Waals surface area contributed by atoms with Crippen LogP contribution in [-0.4, -0.2) is 43.0 Å². The molecule has 2 rings (SSSR count). The van der Waals surface area contributed by atoms with Crippen molar-refractivity contribution in [2.24, 2.45) is 4.99 Å². The van der Waals surface area contributed by atoms with Crippen molar-refractivity contribution in [1.82, 2.24) is 16.0 Å². The quantitative estimate of drug-likeness (QED) is 0.226. The highest BCUT2D eigenvalue weighted by atomic mass is 127. The summed E-state index contributed by atoms with van der Waals surface area (Å²) in [4.78, 5) is 16.3. The van der Waals surface area contributed by atoms with Crippen LogP contribution < -0.4 is 16.0 Å². The lowest BCUT2D eigenvalue weighted by Gasteiger charge is -2.15. The molecular weight excluding hydrogens is 459 g/mol. The zero-order valence-corrected chi connectivity index (χ0v) is 18.9. The monoisotopic (exact) mass is 490 g/mol. The van der Waals surface area contributed by atoms with Gasteiger partial charge >= 0.3 is 0 Å². The predicted octanol–water partition coefficient (Wildman–Crippen LogP) is 3.40. The Labute approximate surface area is 178 Å². The molecule has 1 aliphatic rings. The number of carbonyl (C=O) groups is 1. The van der Waals surface area contributed by atoms with Gasteiger partial charge in [0.15, 0.2) is 5.96 Å². The zero-order chi connectivity index (χ0) is 17.9. The van der Waals surface area contributed by atoms with Crippen LogP contribution in [-0.2, 0) is 6.54 Å². The van der Waals surface area contributed by atoms with Crippen molar-refractivity contribution in [3.05, 3.63) is 35.4 Å². The SMILES string of the molecule is CCCCNC(=O)c1ccc(CNC(=NC)NCC2CCCS2)cc1.I. The molecule has 146 valence electrons. The normalized spacial score (nSPS) is 16.7. The van der Waals surface area contributed by atoms with E-state index in [-0.39, 0.29) is 29.9 Å². The average Bonchev–Trinajstić information content (AvgIpc) is 3.16. The third kappa shape index (κ3) is 8.16. The van der Waals surface area contributed by atoms with Gasteiger partial charge in [-0.2, -0.15) is 11.8 Å². The fourth-order valence-electron chi connectivity index (χ4n) is 2.68. The molecule has 1 aromatic rings. The number of halogens is 1. The minimum absolute atomic E-state index is 0. The fourth-order valence-corrected chi connectivity index (χ4v) is 3.88. The second-order valence-corrected chi connectivity index (χ2v) is 7.66. The van der Waals surface area contributed by atoms with Gasteiger partial charge in [0.2, 0.25) is 0 Å². The number of benzene rings is 1. The topological polar surface area (TPSA) is 65.5 Å². The van der Waals surface area contributed by atoms with E-state index in [4.69, 9.17) is 0 Å². The van der Waals surface area contributed by atoms with Crippen LogP contribution in [0.25, 0.3) is 0 Å². The minimum Gasteiger partial charge on any atom is -0.355 e. The summed E-state index contributed by atoms with van der Waals surface area (Å²) in [7, 11) is 1.79. The number of aliphatic imine (C=N–C) groups is 1. The summed E-state index contributed by atoms with van der Waals surface area (Å²) in [5, 5.41) is 10.4. The fraction of sp³-hybridized carbons (Fsp3) is 0.579. The van der Waals surface area contributed by atoms with Gasteiger partial charge < -0.3 is 16.0 Å². The Balaban J connectivity index is 0.00000338. The van der Waals surface area contributed by atoms with Gasteiger partial charge in [-0.25, -0.2) is 0 Å². The molecule has 1 saturated heterocycles. The van der Waals surface area contributed by atoms with Crippen LogP contribution in [0.3, 0.4) is 0 Å². The zero-order valence-electron chi connectivity index (χ0n) is 15.7. The maximum Gasteiger partial charge on any atom is 0.251 e. The first-order chi connectivity index (χ1) is 12.2. The third-order valence-electron chi connectivity index (χ3n) is 4.24. The maximum absolute atomic E-state index is 12.0. The molecule has 1 atom stereocenters. The first-order valence-electron chi connectivity index (χ1n) is 9.16. The molecule has 1 amide bonds. The molecule has 3 N–H and O–H groups in total. The van der Waals surface area contributed by atoms with Crippen molar-refractivity contribution < 1.29 is 4.79 Å². The Bertz CT molecular complexity index is 559. The summed E-state index contributed by atoms with van der Waals surface area (Å²) in [6, 6.07) is 7.73. The number of nitrogens with one attached hydrogen (secondary N) is 3. The Morgan fingerprint density at radius 2 is 2.00 bits per heavy atom. The number of amides is 1. The number of guanidine groups is 1. The number of rotatable bonds is 8. The molecule has 0 spiro atoms. The van der Waals surface area contributed by atoms with E-state index >= 15 is 0 Å². The number of hydrogen-bond donors (Lipinski definition) is 3. The molecule has 26 heavy (non-hydrogen) atoms. The molecule has 0 radical (unpaired) electrons. The molecule has 1 aromatic carbocycles. The van der Waals surface area contributed by atoms with E-state index in [9.17, 15) is 4.79 Å². The number of thioether (sulfide) groups is 1. The van der Waals surface area contributed by atoms with Crippen LogP contribution in [0.1, 0.15) is 48.5 Å². The largest absolute Gasteiger partial charge is 0.355 e. The molecule has 0 aromatic heterocycles. The summed E-state index contributed by atoms with van der Waals surface area (Å²) in [5.41, 5.74) is 1.84. The van der Waals surface area contributed by atoms with Crippen molar-refractivity contribution in [3.63, 3.8) is 0 Å². The highest BCUT2D eigenvalue weighted by molar-refractivity contribution is 14.0. The lowest BCUT2D eigenvalue weighted by Crippen LogP contribution is -2.39. The van der Waals surface area contributed by atoms with Crippen molar-refractivity contribution >= 4 is 47.6 Å². The van der Waals surface area contributed by atoms with Crippen molar-refractivity contribution in [2.75, 3.05) is 25.9 Å². The number of hydrogen-bond acceptors (Lipinski definition) is 3. The average molecular weight is 490 g/mol. The first kappa shape index (κ1) is 23.1. The minimum atomic E-state index is -0.000464. The first-order valence-corrected chi connectivity index (χ1v) is 10.2. The number of nitrogens with zero attached hydrogens (tertiary/aromatic N) is 1. The van der Waals surface area contributed by atoms with Gasteiger partial charge in [0.05, 0.1) is 0 Å². The molecule has 1 aliphatic heterocycles. The van der Waals surface area contributed by atoms with Crippen LogP contribution in [0.15, 0.2) is 29.3 Å². The van der Waals surface area contributed by atoms with E-state index in [1.807, 2.05) is 36.0 Å². The summed E-state index contributed by atoms with van der Waals surface area (Å²) in [6.07, 6.45) is 4.71. The van der Waals surface area contributed by atoms with E-state index in [2.05, 4.69) is 27.9 Å². The molecule has 5 nitrogen and oxygen atoms in total. The van der Waals surface area contributed by atoms with Crippen molar-refractivity contribution in [1.29, 1.82) is 0 Å². The molecule has 1 unspecified atom stereocenters. The van der Waals surface area contributed by atoms with E-state index in [0.29, 0.717) is 17.4 Å². The molecule has 0 bridgehead atoms. The van der Waals surface area contributed by atoms with Gasteiger partial charge in [-0.3, -0.25) is 9.79 Å². The smallest absolute Gasteiger partial charge is 0.251 e. The Kier molecular flexibility index (Phi) is 11.8. The predicted molar refractivity (Wildman–Crippen MR) is 123 cm³/mol. The Hall–Kier alpha value is -0.960. The summed E-state index contributed by atoms with van der Waals surface area (Å²) >= 11 is 2.04. The molecule has 0 saturated carbocycles. The Morgan fingerprint density at radius 1 is 1.23 bits per heavy atom. The van der Waals surface area contributed by atoms with E-state index < -0.39 is 0 Å². The van der Waals surface area contributed by atoms with Crippen molar-refractivity contribution in [2.45, 2.75) is 44.4 Å².